The van der Waals surface area contributed by atoms with E-state index in [0.717, 1.165) is 23.3 Å². The summed E-state index contributed by atoms with van der Waals surface area (Å²) in [4.78, 5) is 14.5. The molecule has 0 spiro atoms. The first-order chi connectivity index (χ1) is 12.6. The maximum Gasteiger partial charge on any atom is 0.193 e. The molecule has 5 heteroatoms. The van der Waals surface area contributed by atoms with Gasteiger partial charge in [-0.3, -0.25) is 4.79 Å². The molecule has 0 aliphatic heterocycles. The topological polar surface area (TPSA) is 53.3 Å². The van der Waals surface area contributed by atoms with Crippen molar-refractivity contribution in [3.8, 4) is 11.8 Å². The molecule has 2 aromatic rings. The molecular formula is C21H21BrN2O2. The third kappa shape index (κ3) is 6.47. The van der Waals surface area contributed by atoms with Gasteiger partial charge < -0.3 is 9.64 Å². The van der Waals surface area contributed by atoms with Gasteiger partial charge in [0.05, 0.1) is 6.07 Å². The molecule has 0 atom stereocenters. The van der Waals surface area contributed by atoms with Gasteiger partial charge in [-0.2, -0.15) is 5.26 Å². The van der Waals surface area contributed by atoms with Crippen LogP contribution in [0.4, 0.5) is 0 Å². The molecule has 26 heavy (non-hydrogen) atoms. The second-order valence-electron chi connectivity index (χ2n) is 5.81. The van der Waals surface area contributed by atoms with Crippen molar-refractivity contribution < 1.29 is 9.53 Å². The molecule has 134 valence electrons. The predicted molar refractivity (Wildman–Crippen MR) is 106 cm³/mol. The Morgan fingerprint density at radius 3 is 2.35 bits per heavy atom. The van der Waals surface area contributed by atoms with E-state index in [9.17, 15) is 4.79 Å². The fourth-order valence-electron chi connectivity index (χ4n) is 2.27. The number of rotatable bonds is 9. The minimum atomic E-state index is -0.00986. The first-order valence-electron chi connectivity index (χ1n) is 8.34. The zero-order valence-electron chi connectivity index (χ0n) is 14.7. The number of benzene rings is 2. The highest BCUT2D eigenvalue weighted by Crippen LogP contribution is 2.17. The number of hydrogen-bond donors (Lipinski definition) is 0. The maximum atomic E-state index is 12.4. The van der Waals surface area contributed by atoms with Crippen LogP contribution < -0.4 is 4.74 Å². The van der Waals surface area contributed by atoms with E-state index in [-0.39, 0.29) is 5.78 Å². The first kappa shape index (κ1) is 19.9. The van der Waals surface area contributed by atoms with Crippen molar-refractivity contribution in [3.05, 3.63) is 76.3 Å². The summed E-state index contributed by atoms with van der Waals surface area (Å²) in [5.41, 5.74) is 1.29. The van der Waals surface area contributed by atoms with E-state index in [2.05, 4.69) is 26.9 Å². The Bertz CT molecular complexity index is 777. The second-order valence-corrected chi connectivity index (χ2v) is 6.73. The molecule has 0 N–H and O–H groups in total. The molecule has 2 aromatic carbocycles. The Morgan fingerprint density at radius 1 is 1.12 bits per heavy atom. The number of hydrogen-bond acceptors (Lipinski definition) is 4. The quantitative estimate of drug-likeness (QED) is 0.450. The summed E-state index contributed by atoms with van der Waals surface area (Å²) >= 11 is 3.37. The van der Waals surface area contributed by atoms with Gasteiger partial charge in [-0.1, -0.05) is 28.1 Å². The van der Waals surface area contributed by atoms with Gasteiger partial charge in [0, 0.05) is 35.1 Å². The Balaban J connectivity index is 1.81. The van der Waals surface area contributed by atoms with Crippen LogP contribution in [-0.4, -0.2) is 37.4 Å². The van der Waals surface area contributed by atoms with E-state index >= 15 is 0 Å². The highest BCUT2D eigenvalue weighted by atomic mass is 79.9. The van der Waals surface area contributed by atoms with Crippen LogP contribution >= 0.6 is 15.9 Å². The molecule has 0 saturated heterocycles. The normalized spacial score (nSPS) is 10.8. The molecule has 0 saturated carbocycles. The summed E-state index contributed by atoms with van der Waals surface area (Å²) in [6, 6.07) is 16.6. The molecule has 0 amide bonds. The number of likely N-dealkylation sites (N-methyl/N-ethyl adjacent to an activating group) is 1. The van der Waals surface area contributed by atoms with Crippen molar-refractivity contribution in [1.82, 2.24) is 4.90 Å². The molecule has 0 heterocycles. The SMILES string of the molecule is CN(C/C=C/COc1ccc(C(=O)c2ccc(Br)cc2)cc1)CCC#N. The van der Waals surface area contributed by atoms with Gasteiger partial charge in [0.25, 0.3) is 0 Å². The Labute approximate surface area is 162 Å². The van der Waals surface area contributed by atoms with Gasteiger partial charge in [-0.05, 0) is 55.6 Å². The van der Waals surface area contributed by atoms with E-state index in [1.165, 1.54) is 0 Å². The number of ether oxygens (including phenoxy) is 1. The van der Waals surface area contributed by atoms with E-state index in [1.807, 2.05) is 31.3 Å². The molecule has 0 aliphatic rings. The molecule has 4 nitrogen and oxygen atoms in total. The lowest BCUT2D eigenvalue weighted by atomic mass is 10.0. The minimum Gasteiger partial charge on any atom is -0.490 e. The van der Waals surface area contributed by atoms with Gasteiger partial charge in [0.1, 0.15) is 12.4 Å². The molecular weight excluding hydrogens is 392 g/mol. The number of ketones is 1. The van der Waals surface area contributed by atoms with Crippen molar-refractivity contribution in [2.24, 2.45) is 0 Å². The van der Waals surface area contributed by atoms with Crippen LogP contribution in [0.1, 0.15) is 22.3 Å². The zero-order valence-corrected chi connectivity index (χ0v) is 16.3. The number of nitrogens with zero attached hydrogens (tertiary/aromatic N) is 2. The highest BCUT2D eigenvalue weighted by Gasteiger charge is 2.08. The van der Waals surface area contributed by atoms with Gasteiger partial charge in [-0.15, -0.1) is 0 Å². The van der Waals surface area contributed by atoms with Crippen molar-refractivity contribution >= 4 is 21.7 Å². The van der Waals surface area contributed by atoms with Gasteiger partial charge >= 0.3 is 0 Å². The molecule has 0 radical (unpaired) electrons. The molecule has 0 fully saturated rings. The third-order valence-corrected chi connectivity index (χ3v) is 4.29. The number of carbonyl (C=O) groups is 1. The van der Waals surface area contributed by atoms with Crippen molar-refractivity contribution in [1.29, 1.82) is 5.26 Å². The summed E-state index contributed by atoms with van der Waals surface area (Å²) < 4.78 is 6.60. The van der Waals surface area contributed by atoms with Crippen LogP contribution in [0.15, 0.2) is 65.2 Å². The van der Waals surface area contributed by atoms with Crippen molar-refractivity contribution in [3.63, 3.8) is 0 Å². The lowest BCUT2D eigenvalue weighted by Gasteiger charge is -2.11. The largest absolute Gasteiger partial charge is 0.490 e. The summed E-state index contributed by atoms with van der Waals surface area (Å²) in [6.07, 6.45) is 4.50. The smallest absolute Gasteiger partial charge is 0.193 e. The fourth-order valence-corrected chi connectivity index (χ4v) is 2.53. The highest BCUT2D eigenvalue weighted by molar-refractivity contribution is 9.10. The molecule has 0 bridgehead atoms. The van der Waals surface area contributed by atoms with Crippen LogP contribution in [0.3, 0.4) is 0 Å². The van der Waals surface area contributed by atoms with E-state index in [4.69, 9.17) is 10.00 Å². The van der Waals surface area contributed by atoms with Gasteiger partial charge in [0.2, 0.25) is 0 Å². The summed E-state index contributed by atoms with van der Waals surface area (Å²) in [6.45, 7) is 2.01. The van der Waals surface area contributed by atoms with E-state index in [1.54, 1.807) is 36.4 Å². The molecule has 2 rings (SSSR count). The van der Waals surface area contributed by atoms with Gasteiger partial charge in [-0.25, -0.2) is 0 Å². The summed E-state index contributed by atoms with van der Waals surface area (Å²) in [7, 11) is 1.98. The lowest BCUT2D eigenvalue weighted by Crippen LogP contribution is -2.19. The van der Waals surface area contributed by atoms with Crippen molar-refractivity contribution in [2.75, 3.05) is 26.7 Å². The van der Waals surface area contributed by atoms with Crippen LogP contribution in [0.25, 0.3) is 0 Å². The maximum absolute atomic E-state index is 12.4. The lowest BCUT2D eigenvalue weighted by molar-refractivity contribution is 0.103. The average molecular weight is 413 g/mol. The average Bonchev–Trinajstić information content (AvgIpc) is 2.66. The van der Waals surface area contributed by atoms with Crippen LogP contribution in [0.5, 0.6) is 5.75 Å². The minimum absolute atomic E-state index is 0.00986. The predicted octanol–water partition coefficient (Wildman–Crippen LogP) is 4.46. The third-order valence-electron chi connectivity index (χ3n) is 3.76. The number of nitriles is 1. The Morgan fingerprint density at radius 2 is 1.73 bits per heavy atom. The first-order valence-corrected chi connectivity index (χ1v) is 9.13. The Kier molecular flexibility index (Phi) is 8.07. The molecule has 0 aliphatic carbocycles. The Hall–Kier alpha value is -2.42. The van der Waals surface area contributed by atoms with E-state index < -0.39 is 0 Å². The zero-order chi connectivity index (χ0) is 18.8. The van der Waals surface area contributed by atoms with Crippen LogP contribution in [-0.2, 0) is 0 Å². The second kappa shape index (κ2) is 10.5. The van der Waals surface area contributed by atoms with Crippen LogP contribution in [0.2, 0.25) is 0 Å². The fraction of sp³-hybridized carbons (Fsp3) is 0.238. The number of carbonyl (C=O) groups excluding carboxylic acids is 1. The molecule has 0 aromatic heterocycles. The summed E-state index contributed by atoms with van der Waals surface area (Å²) in [5, 5.41) is 8.54. The van der Waals surface area contributed by atoms with Crippen molar-refractivity contribution in [2.45, 2.75) is 6.42 Å². The van der Waals surface area contributed by atoms with Gasteiger partial charge in [0.15, 0.2) is 5.78 Å². The summed E-state index contributed by atoms with van der Waals surface area (Å²) in [5.74, 6) is 0.712. The monoisotopic (exact) mass is 412 g/mol. The standard InChI is InChI=1S/C21H21BrN2O2/c1-24(15-4-13-23)14-2-3-16-26-20-11-7-18(8-12-20)21(25)17-5-9-19(22)10-6-17/h2-3,5-12H,4,14-16H2,1H3/b3-2+. The van der Waals surface area contributed by atoms with E-state index in [0.29, 0.717) is 24.2 Å². The molecule has 0 unspecified atom stereocenters. The van der Waals surface area contributed by atoms with Crippen LogP contribution in [0, 0.1) is 11.3 Å². The number of halogens is 1.